The SMILES string of the molecule is CC.CC(=O)C1Cc2c([nH]c3ccccc23)C(C)N1C(C)=O.II. The Balaban J connectivity index is 0.000000671. The van der Waals surface area contributed by atoms with Gasteiger partial charge in [0.15, 0.2) is 5.78 Å². The number of ketones is 1. The molecule has 4 nitrogen and oxygen atoms in total. The van der Waals surface area contributed by atoms with Crippen molar-refractivity contribution in [3.05, 3.63) is 35.5 Å². The Morgan fingerprint density at radius 1 is 1.17 bits per heavy atom. The van der Waals surface area contributed by atoms with Crippen LogP contribution in [0.5, 0.6) is 0 Å². The van der Waals surface area contributed by atoms with Gasteiger partial charge in [-0.15, -0.1) is 0 Å². The van der Waals surface area contributed by atoms with Crippen molar-refractivity contribution in [2.75, 3.05) is 0 Å². The summed E-state index contributed by atoms with van der Waals surface area (Å²) in [6.07, 6.45) is 0.596. The number of aromatic amines is 1. The number of hydrogen-bond donors (Lipinski definition) is 1. The van der Waals surface area contributed by atoms with Gasteiger partial charge in [-0.25, -0.2) is 0 Å². The molecule has 2 unspecified atom stereocenters. The minimum atomic E-state index is -0.353. The molecule has 0 radical (unpaired) electrons. The van der Waals surface area contributed by atoms with Gasteiger partial charge in [-0.05, 0) is 25.5 Å². The van der Waals surface area contributed by atoms with Crippen LogP contribution in [0.2, 0.25) is 0 Å². The van der Waals surface area contributed by atoms with E-state index in [1.165, 1.54) is 12.5 Å². The molecule has 3 rings (SSSR count). The van der Waals surface area contributed by atoms with Gasteiger partial charge in [0.05, 0.1) is 12.1 Å². The van der Waals surface area contributed by atoms with Crippen LogP contribution in [-0.4, -0.2) is 27.6 Å². The number of halogens is 2. The fourth-order valence-corrected chi connectivity index (χ4v) is 3.33. The third-order valence-corrected chi connectivity index (χ3v) is 4.25. The molecule has 1 N–H and O–H groups in total. The smallest absolute Gasteiger partial charge is 0.220 e. The third-order valence-electron chi connectivity index (χ3n) is 4.25. The Morgan fingerprint density at radius 2 is 1.75 bits per heavy atom. The molecular formula is C18H24I2N2O2. The summed E-state index contributed by atoms with van der Waals surface area (Å²) >= 11 is 4.24. The molecule has 2 heterocycles. The zero-order valence-corrected chi connectivity index (χ0v) is 19.0. The molecule has 0 fully saturated rings. The number of amides is 1. The zero-order chi connectivity index (χ0) is 18.4. The van der Waals surface area contributed by atoms with Crippen LogP contribution in [0.1, 0.15) is 51.9 Å². The molecule has 24 heavy (non-hydrogen) atoms. The number of nitrogens with zero attached hydrogens (tertiary/aromatic N) is 1. The molecule has 1 aromatic heterocycles. The number of fused-ring (bicyclic) bond motifs is 3. The van der Waals surface area contributed by atoms with Gasteiger partial charge in [-0.3, -0.25) is 9.59 Å². The molecule has 1 aromatic carbocycles. The van der Waals surface area contributed by atoms with E-state index in [2.05, 4.69) is 48.3 Å². The Labute approximate surface area is 167 Å². The molecule has 2 aromatic rings. The minimum absolute atomic E-state index is 0.0444. The maximum Gasteiger partial charge on any atom is 0.220 e. The number of hydrogen-bond acceptors (Lipinski definition) is 2. The molecule has 132 valence electrons. The van der Waals surface area contributed by atoms with E-state index in [1.54, 1.807) is 11.8 Å². The Bertz CT molecular complexity index is 712. The number of rotatable bonds is 1. The number of para-hydroxylation sites is 1. The lowest BCUT2D eigenvalue weighted by molar-refractivity contribution is -0.140. The van der Waals surface area contributed by atoms with E-state index in [1.807, 2.05) is 39.0 Å². The maximum atomic E-state index is 11.9. The van der Waals surface area contributed by atoms with Crippen LogP contribution in [0.3, 0.4) is 0 Å². The van der Waals surface area contributed by atoms with Crippen molar-refractivity contribution >= 4 is 59.8 Å². The molecular weight excluding hydrogens is 530 g/mol. The van der Waals surface area contributed by atoms with Crippen molar-refractivity contribution < 1.29 is 9.59 Å². The van der Waals surface area contributed by atoms with E-state index < -0.39 is 0 Å². The normalized spacial score (nSPS) is 18.7. The number of Topliss-reactive ketones (excluding diaryl/α,β-unsaturated/α-hetero) is 1. The van der Waals surface area contributed by atoms with Gasteiger partial charge in [-0.1, -0.05) is 32.0 Å². The summed E-state index contributed by atoms with van der Waals surface area (Å²) in [5, 5.41) is 1.16. The monoisotopic (exact) mass is 554 g/mol. The molecule has 0 saturated carbocycles. The van der Waals surface area contributed by atoms with Gasteiger partial charge in [0.25, 0.3) is 0 Å². The fourth-order valence-electron chi connectivity index (χ4n) is 3.33. The standard InChI is InChI=1S/C16H18N2O2.C2H6.I2/c1-9-16-13(12-6-4-5-7-14(12)17-16)8-15(10(2)19)18(9)11(3)20;2*1-2/h4-7,9,15,17H,8H2,1-3H3;1-2H3;. The highest BCUT2D eigenvalue weighted by Crippen LogP contribution is 2.37. The van der Waals surface area contributed by atoms with Crippen LogP contribution in [0.15, 0.2) is 24.3 Å². The van der Waals surface area contributed by atoms with Crippen LogP contribution >= 0.6 is 37.2 Å². The number of carbonyl (C=O) groups is 2. The first-order valence-corrected chi connectivity index (χ1v) is 14.3. The number of benzene rings is 1. The fraction of sp³-hybridized carbons (Fsp3) is 0.444. The summed E-state index contributed by atoms with van der Waals surface area (Å²) in [6.45, 7) is 9.07. The van der Waals surface area contributed by atoms with Crippen molar-refractivity contribution in [1.29, 1.82) is 0 Å². The summed E-state index contributed by atoms with van der Waals surface area (Å²) in [4.78, 5) is 28.9. The molecule has 1 aliphatic heterocycles. The highest BCUT2D eigenvalue weighted by atomic mass is 128. The maximum absolute atomic E-state index is 11.9. The number of carbonyl (C=O) groups excluding carboxylic acids is 2. The quantitative estimate of drug-likeness (QED) is 0.481. The van der Waals surface area contributed by atoms with Crippen LogP contribution in [0.25, 0.3) is 10.9 Å². The van der Waals surface area contributed by atoms with Gasteiger partial charge in [0.2, 0.25) is 5.91 Å². The lowest BCUT2D eigenvalue weighted by atomic mass is 9.90. The summed E-state index contributed by atoms with van der Waals surface area (Å²) in [6, 6.07) is 7.63. The molecule has 1 amide bonds. The van der Waals surface area contributed by atoms with E-state index in [0.29, 0.717) is 6.42 Å². The van der Waals surface area contributed by atoms with Gasteiger partial charge in [-0.2, -0.15) is 0 Å². The minimum Gasteiger partial charge on any atom is -0.356 e. The van der Waals surface area contributed by atoms with Crippen LogP contribution < -0.4 is 0 Å². The number of nitrogens with one attached hydrogen (secondary N) is 1. The second kappa shape index (κ2) is 9.74. The Kier molecular flexibility index (Phi) is 8.69. The van der Waals surface area contributed by atoms with E-state index in [0.717, 1.165) is 16.6 Å². The van der Waals surface area contributed by atoms with Gasteiger partial charge in [0, 0.05) is 67.2 Å². The largest absolute Gasteiger partial charge is 0.356 e. The molecule has 1 aliphatic rings. The molecule has 0 saturated heterocycles. The highest BCUT2D eigenvalue weighted by molar-refractivity contribution is 15.0. The van der Waals surface area contributed by atoms with Crippen molar-refractivity contribution in [3.63, 3.8) is 0 Å². The van der Waals surface area contributed by atoms with E-state index in [4.69, 9.17) is 0 Å². The predicted octanol–water partition coefficient (Wildman–Crippen LogP) is 5.39. The molecule has 0 aliphatic carbocycles. The Hall–Kier alpha value is -0.640. The van der Waals surface area contributed by atoms with Crippen LogP contribution in [-0.2, 0) is 16.0 Å². The van der Waals surface area contributed by atoms with Crippen molar-refractivity contribution in [2.24, 2.45) is 0 Å². The lowest BCUT2D eigenvalue weighted by Crippen LogP contribution is -2.48. The summed E-state index contributed by atoms with van der Waals surface area (Å²) < 4.78 is 0. The average molecular weight is 554 g/mol. The van der Waals surface area contributed by atoms with Gasteiger partial charge >= 0.3 is 0 Å². The summed E-state index contributed by atoms with van der Waals surface area (Å²) in [7, 11) is 0. The molecule has 2 atom stereocenters. The van der Waals surface area contributed by atoms with E-state index in [9.17, 15) is 9.59 Å². The van der Waals surface area contributed by atoms with Crippen LogP contribution in [0.4, 0.5) is 0 Å². The molecule has 6 heteroatoms. The second-order valence-electron chi connectivity index (χ2n) is 5.50. The summed E-state index contributed by atoms with van der Waals surface area (Å²) in [5.41, 5.74) is 3.29. The second-order valence-corrected chi connectivity index (χ2v) is 5.50. The van der Waals surface area contributed by atoms with E-state index >= 15 is 0 Å². The average Bonchev–Trinajstić information content (AvgIpc) is 2.97. The first kappa shape index (κ1) is 21.4. The van der Waals surface area contributed by atoms with Gasteiger partial charge in [0.1, 0.15) is 0 Å². The number of H-pyrrole nitrogens is 1. The molecule has 0 bridgehead atoms. The lowest BCUT2D eigenvalue weighted by Gasteiger charge is -2.38. The first-order chi connectivity index (χ1) is 11.5. The first-order valence-electron chi connectivity index (χ1n) is 8.03. The highest BCUT2D eigenvalue weighted by Gasteiger charge is 2.37. The summed E-state index contributed by atoms with van der Waals surface area (Å²) in [5.74, 6) is -0.00927. The zero-order valence-electron chi connectivity index (χ0n) is 14.7. The Morgan fingerprint density at radius 3 is 2.29 bits per heavy atom. The third kappa shape index (κ3) is 4.12. The van der Waals surface area contributed by atoms with Crippen molar-refractivity contribution in [3.8, 4) is 0 Å². The van der Waals surface area contributed by atoms with Crippen molar-refractivity contribution in [1.82, 2.24) is 9.88 Å². The van der Waals surface area contributed by atoms with Crippen molar-refractivity contribution in [2.45, 2.75) is 53.1 Å². The van der Waals surface area contributed by atoms with E-state index in [-0.39, 0.29) is 23.8 Å². The van der Waals surface area contributed by atoms with Crippen LogP contribution in [0, 0.1) is 0 Å². The van der Waals surface area contributed by atoms with Gasteiger partial charge < -0.3 is 9.88 Å². The topological polar surface area (TPSA) is 53.2 Å². The number of aromatic nitrogens is 1. The molecule has 0 spiro atoms. The predicted molar refractivity (Wildman–Crippen MR) is 117 cm³/mol.